The van der Waals surface area contributed by atoms with Crippen molar-refractivity contribution >= 4 is 12.1 Å². The van der Waals surface area contributed by atoms with E-state index in [1.165, 1.54) is 0 Å². The summed E-state index contributed by atoms with van der Waals surface area (Å²) in [5.41, 5.74) is 1.27. The molecule has 1 aliphatic rings. The van der Waals surface area contributed by atoms with Gasteiger partial charge in [-0.1, -0.05) is 24.6 Å². The van der Waals surface area contributed by atoms with Gasteiger partial charge in [0.2, 0.25) is 0 Å². The first-order chi connectivity index (χ1) is 11.3. The molecule has 1 saturated carbocycles. The average molecular weight is 336 g/mol. The molecule has 0 spiro atoms. The number of Topliss-reactive ketones (excluding diaryl/α,β-unsaturated/α-hetero) is 1. The topological polar surface area (TPSA) is 74.6 Å². The van der Waals surface area contributed by atoms with Crippen LogP contribution in [0.1, 0.15) is 65.7 Å². The van der Waals surface area contributed by atoms with Gasteiger partial charge < -0.3 is 10.2 Å². The zero-order valence-corrected chi connectivity index (χ0v) is 15.3. The second kappa shape index (κ2) is 9.90. The van der Waals surface area contributed by atoms with Crippen LogP contribution in [0.4, 0.5) is 0 Å². The van der Waals surface area contributed by atoms with Gasteiger partial charge >= 0.3 is 0 Å². The van der Waals surface area contributed by atoms with E-state index in [1.807, 2.05) is 19.9 Å². The lowest BCUT2D eigenvalue weighted by atomic mass is 9.94. The van der Waals surface area contributed by atoms with Gasteiger partial charge in [0.15, 0.2) is 0 Å². The lowest BCUT2D eigenvalue weighted by molar-refractivity contribution is -0.123. The second-order valence-electron chi connectivity index (χ2n) is 7.39. The lowest BCUT2D eigenvalue weighted by Gasteiger charge is -2.11. The highest BCUT2D eigenvalue weighted by molar-refractivity contribution is 5.81. The number of allylic oxidation sites excluding steroid dienone is 3. The van der Waals surface area contributed by atoms with Gasteiger partial charge in [-0.2, -0.15) is 0 Å². The number of hydrogen-bond donors (Lipinski definition) is 2. The summed E-state index contributed by atoms with van der Waals surface area (Å²) < 4.78 is 0. The minimum atomic E-state index is -0.634. The summed E-state index contributed by atoms with van der Waals surface area (Å²) in [5, 5.41) is 18.5. The molecule has 3 atom stereocenters. The predicted molar refractivity (Wildman–Crippen MR) is 95.6 cm³/mol. The molecule has 4 nitrogen and oxygen atoms in total. The third kappa shape index (κ3) is 7.54. The molecule has 0 aromatic carbocycles. The van der Waals surface area contributed by atoms with E-state index in [1.54, 1.807) is 13.0 Å². The van der Waals surface area contributed by atoms with Gasteiger partial charge in [0.05, 0.1) is 12.2 Å². The van der Waals surface area contributed by atoms with Crippen LogP contribution < -0.4 is 0 Å². The molecule has 1 rings (SSSR count). The fourth-order valence-electron chi connectivity index (χ4n) is 2.90. The molecule has 0 unspecified atom stereocenters. The molecule has 24 heavy (non-hydrogen) atoms. The summed E-state index contributed by atoms with van der Waals surface area (Å²) in [7, 11) is 0. The number of carbonyl (C=O) groups excluding carboxylic acids is 2. The maximum absolute atomic E-state index is 12.1. The van der Waals surface area contributed by atoms with Crippen molar-refractivity contribution in [2.24, 2.45) is 11.8 Å². The molecule has 0 bridgehead atoms. The van der Waals surface area contributed by atoms with Gasteiger partial charge in [-0.05, 0) is 63.9 Å². The van der Waals surface area contributed by atoms with Gasteiger partial charge in [-0.15, -0.1) is 0 Å². The molecule has 0 aromatic heterocycles. The maximum atomic E-state index is 12.1. The molecule has 0 amide bonds. The summed E-state index contributed by atoms with van der Waals surface area (Å²) in [4.78, 5) is 23.2. The number of aliphatic hydroxyl groups is 2. The molecule has 1 fully saturated rings. The molecule has 1 aliphatic carbocycles. The van der Waals surface area contributed by atoms with E-state index in [4.69, 9.17) is 5.11 Å². The summed E-state index contributed by atoms with van der Waals surface area (Å²) in [6.07, 6.45) is 9.77. The summed E-state index contributed by atoms with van der Waals surface area (Å²) in [6, 6.07) is 0. The fourth-order valence-corrected chi connectivity index (χ4v) is 2.90. The molecule has 0 aliphatic heterocycles. The minimum absolute atomic E-state index is 0.0102. The van der Waals surface area contributed by atoms with E-state index in [-0.39, 0.29) is 24.2 Å². The van der Waals surface area contributed by atoms with Gasteiger partial charge in [0.1, 0.15) is 12.1 Å². The molecular formula is C20H32O4. The highest BCUT2D eigenvalue weighted by Crippen LogP contribution is 2.45. The SMILES string of the molecule is C/C(=C/CO)CC/C=C(/C=O)CCC[C@H](C)C(=O)C[C@H]1C[C@@]1(C)O. The average Bonchev–Trinajstić information content (AvgIpc) is 3.12. The van der Waals surface area contributed by atoms with Gasteiger partial charge in [0, 0.05) is 12.3 Å². The number of aldehydes is 1. The highest BCUT2D eigenvalue weighted by atomic mass is 16.3. The third-order valence-electron chi connectivity index (χ3n) is 5.02. The van der Waals surface area contributed by atoms with Crippen LogP contribution in [0, 0.1) is 11.8 Å². The van der Waals surface area contributed by atoms with E-state index in [2.05, 4.69) is 0 Å². The summed E-state index contributed by atoms with van der Waals surface area (Å²) in [6.45, 7) is 5.74. The van der Waals surface area contributed by atoms with Gasteiger partial charge in [-0.3, -0.25) is 9.59 Å². The van der Waals surface area contributed by atoms with Crippen LogP contribution in [0.15, 0.2) is 23.3 Å². The summed E-state index contributed by atoms with van der Waals surface area (Å²) >= 11 is 0. The number of aliphatic hydroxyl groups excluding tert-OH is 1. The van der Waals surface area contributed by atoms with Crippen LogP contribution >= 0.6 is 0 Å². The smallest absolute Gasteiger partial charge is 0.145 e. The van der Waals surface area contributed by atoms with E-state index >= 15 is 0 Å². The van der Waals surface area contributed by atoms with Crippen molar-refractivity contribution in [3.8, 4) is 0 Å². The Bertz CT molecular complexity index is 488. The van der Waals surface area contributed by atoms with Crippen LogP contribution in [-0.4, -0.2) is 34.5 Å². The van der Waals surface area contributed by atoms with Crippen LogP contribution in [-0.2, 0) is 9.59 Å². The zero-order valence-electron chi connectivity index (χ0n) is 15.3. The van der Waals surface area contributed by atoms with Crippen molar-refractivity contribution in [2.75, 3.05) is 6.61 Å². The predicted octanol–water partition coefficient (Wildman–Crippen LogP) is 3.37. The van der Waals surface area contributed by atoms with Crippen molar-refractivity contribution in [3.63, 3.8) is 0 Å². The number of hydrogen-bond acceptors (Lipinski definition) is 4. The van der Waals surface area contributed by atoms with Crippen molar-refractivity contribution < 1.29 is 19.8 Å². The molecule has 0 saturated heterocycles. The van der Waals surface area contributed by atoms with E-state index in [0.717, 1.165) is 49.5 Å². The first-order valence-corrected chi connectivity index (χ1v) is 8.96. The Hall–Kier alpha value is -1.26. The molecule has 0 radical (unpaired) electrons. The van der Waals surface area contributed by atoms with Crippen LogP contribution in [0.5, 0.6) is 0 Å². The molecule has 0 aromatic rings. The van der Waals surface area contributed by atoms with Crippen molar-refractivity contribution in [1.82, 2.24) is 0 Å². The maximum Gasteiger partial charge on any atom is 0.145 e. The van der Waals surface area contributed by atoms with Crippen LogP contribution in [0.25, 0.3) is 0 Å². The Kier molecular flexibility index (Phi) is 8.57. The van der Waals surface area contributed by atoms with Crippen molar-refractivity contribution in [1.29, 1.82) is 0 Å². The number of rotatable bonds is 12. The minimum Gasteiger partial charge on any atom is -0.392 e. The number of carbonyl (C=O) groups is 2. The second-order valence-corrected chi connectivity index (χ2v) is 7.39. The normalized spacial score (nSPS) is 25.5. The zero-order chi connectivity index (χ0) is 18.2. The molecular weight excluding hydrogens is 304 g/mol. The number of ketones is 1. The van der Waals surface area contributed by atoms with Crippen molar-refractivity contribution in [3.05, 3.63) is 23.3 Å². The Balaban J connectivity index is 2.26. The van der Waals surface area contributed by atoms with Gasteiger partial charge in [-0.25, -0.2) is 0 Å². The Morgan fingerprint density at radius 3 is 2.54 bits per heavy atom. The quantitative estimate of drug-likeness (QED) is 0.325. The lowest BCUT2D eigenvalue weighted by Crippen LogP contribution is -2.14. The monoisotopic (exact) mass is 336 g/mol. The molecule has 0 heterocycles. The first kappa shape index (κ1) is 20.8. The molecule has 4 heteroatoms. The van der Waals surface area contributed by atoms with Crippen LogP contribution in [0.2, 0.25) is 0 Å². The Morgan fingerprint density at radius 2 is 2.00 bits per heavy atom. The molecule has 2 N–H and O–H groups in total. The highest BCUT2D eigenvalue weighted by Gasteiger charge is 2.49. The van der Waals surface area contributed by atoms with Crippen molar-refractivity contribution in [2.45, 2.75) is 71.3 Å². The van der Waals surface area contributed by atoms with Gasteiger partial charge in [0.25, 0.3) is 0 Å². The largest absolute Gasteiger partial charge is 0.392 e. The first-order valence-electron chi connectivity index (χ1n) is 8.96. The Labute approximate surface area is 145 Å². The standard InChI is InChI=1S/C20H32O4/c1-15(10-11-21)6-4-8-17(14-22)9-5-7-16(2)19(23)12-18-13-20(18,3)24/h8,10,14,16,18,21,24H,4-7,9,11-13H2,1-3H3/b15-10-,17-8+/t16-,18-,20+/m0/s1. The fraction of sp³-hybridized carbons (Fsp3) is 0.700. The Morgan fingerprint density at radius 1 is 1.33 bits per heavy atom. The molecule has 136 valence electrons. The van der Waals surface area contributed by atoms with E-state index in [0.29, 0.717) is 12.8 Å². The third-order valence-corrected chi connectivity index (χ3v) is 5.02. The van der Waals surface area contributed by atoms with E-state index < -0.39 is 5.60 Å². The summed E-state index contributed by atoms with van der Waals surface area (Å²) in [5.74, 6) is 0.344. The van der Waals surface area contributed by atoms with Crippen LogP contribution in [0.3, 0.4) is 0 Å². The van der Waals surface area contributed by atoms with E-state index in [9.17, 15) is 14.7 Å².